The fourth-order valence-electron chi connectivity index (χ4n) is 1.25. The van der Waals surface area contributed by atoms with Crippen molar-refractivity contribution in [3.8, 4) is 5.75 Å². The lowest BCUT2D eigenvalue weighted by atomic mass is 10.1. The molecule has 0 fully saturated rings. The molecule has 0 spiro atoms. The zero-order valence-corrected chi connectivity index (χ0v) is 10.8. The first-order chi connectivity index (χ1) is 7.15. The molecule has 0 saturated heterocycles. The van der Waals surface area contributed by atoms with Crippen LogP contribution in [-0.4, -0.2) is 17.7 Å². The number of carbonyl (C=O) groups excluding carboxylic acids is 1. The largest absolute Gasteiger partial charge is 0.494 e. The SMILES string of the molecule is CCOc1cc(Cl)cc(CC(=O)CBr)c1. The molecule has 0 saturated carbocycles. The minimum Gasteiger partial charge on any atom is -0.494 e. The maximum absolute atomic E-state index is 11.2. The van der Waals surface area contributed by atoms with E-state index in [4.69, 9.17) is 16.3 Å². The van der Waals surface area contributed by atoms with Crippen molar-refractivity contribution in [3.05, 3.63) is 28.8 Å². The Morgan fingerprint density at radius 2 is 2.20 bits per heavy atom. The topological polar surface area (TPSA) is 26.3 Å². The molecule has 0 aliphatic rings. The van der Waals surface area contributed by atoms with Gasteiger partial charge in [0.25, 0.3) is 0 Å². The number of carbonyl (C=O) groups is 1. The molecule has 0 bridgehead atoms. The maximum Gasteiger partial charge on any atom is 0.147 e. The number of benzene rings is 1. The summed E-state index contributed by atoms with van der Waals surface area (Å²) in [6, 6.07) is 5.37. The molecule has 1 rings (SSSR count). The second-order valence-corrected chi connectivity index (χ2v) is 4.07. The van der Waals surface area contributed by atoms with Crippen LogP contribution in [0.1, 0.15) is 12.5 Å². The van der Waals surface area contributed by atoms with E-state index in [1.807, 2.05) is 13.0 Å². The van der Waals surface area contributed by atoms with E-state index < -0.39 is 0 Å². The van der Waals surface area contributed by atoms with E-state index in [9.17, 15) is 4.79 Å². The summed E-state index contributed by atoms with van der Waals surface area (Å²) in [6.07, 6.45) is 0.381. The highest BCUT2D eigenvalue weighted by atomic mass is 79.9. The number of halogens is 2. The smallest absolute Gasteiger partial charge is 0.147 e. The number of Topliss-reactive ketones (excluding diaryl/α,β-unsaturated/α-hetero) is 1. The van der Waals surface area contributed by atoms with E-state index in [1.54, 1.807) is 12.1 Å². The van der Waals surface area contributed by atoms with E-state index in [0.717, 1.165) is 5.56 Å². The lowest BCUT2D eigenvalue weighted by Gasteiger charge is -2.06. The van der Waals surface area contributed by atoms with Crippen molar-refractivity contribution in [2.75, 3.05) is 11.9 Å². The molecule has 0 unspecified atom stereocenters. The predicted octanol–water partition coefficient (Wildman–Crippen LogP) is 3.25. The average Bonchev–Trinajstić information content (AvgIpc) is 2.17. The summed E-state index contributed by atoms with van der Waals surface area (Å²) < 4.78 is 5.34. The third-order valence-corrected chi connectivity index (χ3v) is 2.64. The van der Waals surface area contributed by atoms with Crippen molar-refractivity contribution in [1.82, 2.24) is 0 Å². The van der Waals surface area contributed by atoms with Gasteiger partial charge in [0, 0.05) is 11.4 Å². The van der Waals surface area contributed by atoms with Crippen molar-refractivity contribution in [1.29, 1.82) is 0 Å². The number of rotatable bonds is 5. The third-order valence-electron chi connectivity index (χ3n) is 1.79. The zero-order chi connectivity index (χ0) is 11.3. The molecule has 15 heavy (non-hydrogen) atoms. The monoisotopic (exact) mass is 290 g/mol. The van der Waals surface area contributed by atoms with Gasteiger partial charge in [-0.1, -0.05) is 27.5 Å². The fourth-order valence-corrected chi connectivity index (χ4v) is 1.69. The van der Waals surface area contributed by atoms with Crippen LogP contribution in [0.15, 0.2) is 18.2 Å². The quantitative estimate of drug-likeness (QED) is 0.779. The standard InChI is InChI=1S/C11H12BrClO2/c1-2-15-11-5-8(3-9(13)6-11)4-10(14)7-12/h3,5-6H,2,4,7H2,1H3. The maximum atomic E-state index is 11.2. The van der Waals surface area contributed by atoms with E-state index >= 15 is 0 Å². The van der Waals surface area contributed by atoms with Crippen LogP contribution in [0.5, 0.6) is 5.75 Å². The average molecular weight is 292 g/mol. The lowest BCUT2D eigenvalue weighted by Crippen LogP contribution is -2.03. The Bertz CT molecular complexity index is 352. The first-order valence-corrected chi connectivity index (χ1v) is 6.15. The highest BCUT2D eigenvalue weighted by Gasteiger charge is 2.05. The molecule has 4 heteroatoms. The molecule has 0 aliphatic heterocycles. The van der Waals surface area contributed by atoms with Crippen LogP contribution in [0.2, 0.25) is 5.02 Å². The minimum atomic E-state index is 0.125. The van der Waals surface area contributed by atoms with Crippen LogP contribution in [-0.2, 0) is 11.2 Å². The van der Waals surface area contributed by atoms with Crippen LogP contribution < -0.4 is 4.74 Å². The number of alkyl halides is 1. The lowest BCUT2D eigenvalue weighted by molar-refractivity contribution is -0.115. The molecule has 0 aliphatic carbocycles. The van der Waals surface area contributed by atoms with E-state index in [2.05, 4.69) is 15.9 Å². The van der Waals surface area contributed by atoms with Crippen LogP contribution in [0.25, 0.3) is 0 Å². The molecular formula is C11H12BrClO2. The van der Waals surface area contributed by atoms with Gasteiger partial charge in [0.1, 0.15) is 11.5 Å². The molecule has 0 atom stereocenters. The summed E-state index contributed by atoms with van der Waals surface area (Å²) >= 11 is 9.04. The van der Waals surface area contributed by atoms with Gasteiger partial charge >= 0.3 is 0 Å². The molecule has 2 nitrogen and oxygen atoms in total. The van der Waals surface area contributed by atoms with E-state index in [1.165, 1.54) is 0 Å². The molecule has 0 radical (unpaired) electrons. The molecule has 82 valence electrons. The van der Waals surface area contributed by atoms with E-state index in [-0.39, 0.29) is 5.78 Å². The predicted molar refractivity (Wildman–Crippen MR) is 65.1 cm³/mol. The van der Waals surface area contributed by atoms with Crippen molar-refractivity contribution in [2.24, 2.45) is 0 Å². The Hall–Kier alpha value is -0.540. The molecule has 0 heterocycles. The summed E-state index contributed by atoms with van der Waals surface area (Å²) in [6.45, 7) is 2.50. The number of ketones is 1. The van der Waals surface area contributed by atoms with Gasteiger partial charge in [-0.15, -0.1) is 0 Å². The molecule has 1 aromatic carbocycles. The molecule has 0 amide bonds. The summed E-state index contributed by atoms with van der Waals surface area (Å²) in [5.41, 5.74) is 0.885. The van der Waals surface area contributed by atoms with Crippen molar-refractivity contribution < 1.29 is 9.53 Å². The van der Waals surface area contributed by atoms with Gasteiger partial charge in [-0.05, 0) is 30.7 Å². The number of ether oxygens (including phenoxy) is 1. The summed E-state index contributed by atoms with van der Waals surface area (Å²) in [5, 5.41) is 0.960. The van der Waals surface area contributed by atoms with Gasteiger partial charge in [-0.3, -0.25) is 4.79 Å². The van der Waals surface area contributed by atoms with Crippen molar-refractivity contribution in [2.45, 2.75) is 13.3 Å². The van der Waals surface area contributed by atoms with E-state index in [0.29, 0.717) is 29.1 Å². The van der Waals surface area contributed by atoms with Crippen molar-refractivity contribution in [3.63, 3.8) is 0 Å². The Morgan fingerprint density at radius 3 is 2.80 bits per heavy atom. The summed E-state index contributed by atoms with van der Waals surface area (Å²) in [7, 11) is 0. The first-order valence-electron chi connectivity index (χ1n) is 4.65. The Balaban J connectivity index is 2.83. The molecular weight excluding hydrogens is 279 g/mol. The Morgan fingerprint density at radius 1 is 1.47 bits per heavy atom. The van der Waals surface area contributed by atoms with Gasteiger partial charge in [-0.25, -0.2) is 0 Å². The molecule has 0 N–H and O–H groups in total. The fraction of sp³-hybridized carbons (Fsp3) is 0.364. The molecule has 1 aromatic rings. The van der Waals surface area contributed by atoms with Crippen LogP contribution in [0.3, 0.4) is 0 Å². The number of hydrogen-bond donors (Lipinski definition) is 0. The Kier molecular flexibility index (Phi) is 5.12. The van der Waals surface area contributed by atoms with Gasteiger partial charge in [-0.2, -0.15) is 0 Å². The normalized spacial score (nSPS) is 10.1. The van der Waals surface area contributed by atoms with Gasteiger partial charge in [0.2, 0.25) is 0 Å². The van der Waals surface area contributed by atoms with Crippen molar-refractivity contribution >= 4 is 33.3 Å². The summed E-state index contributed by atoms with van der Waals surface area (Å²) in [4.78, 5) is 11.2. The first kappa shape index (κ1) is 12.5. The Labute approximate surface area is 103 Å². The third kappa shape index (κ3) is 4.22. The second kappa shape index (κ2) is 6.13. The summed E-state index contributed by atoms with van der Waals surface area (Å²) in [5.74, 6) is 0.835. The number of hydrogen-bond acceptors (Lipinski definition) is 2. The minimum absolute atomic E-state index is 0.125. The van der Waals surface area contributed by atoms with Gasteiger partial charge in [0.15, 0.2) is 0 Å². The second-order valence-electron chi connectivity index (χ2n) is 3.08. The molecule has 0 aromatic heterocycles. The van der Waals surface area contributed by atoms with Crippen LogP contribution >= 0.6 is 27.5 Å². The van der Waals surface area contributed by atoms with Gasteiger partial charge < -0.3 is 4.74 Å². The highest BCUT2D eigenvalue weighted by molar-refractivity contribution is 9.09. The highest BCUT2D eigenvalue weighted by Crippen LogP contribution is 2.21. The van der Waals surface area contributed by atoms with Crippen LogP contribution in [0, 0.1) is 0 Å². The van der Waals surface area contributed by atoms with Crippen LogP contribution in [0.4, 0.5) is 0 Å². The zero-order valence-electron chi connectivity index (χ0n) is 8.43. The van der Waals surface area contributed by atoms with Gasteiger partial charge in [0.05, 0.1) is 11.9 Å².